The minimum Gasteiger partial charge on any atom is -0.334 e. The molecule has 0 spiro atoms. The van der Waals surface area contributed by atoms with Gasteiger partial charge >= 0.3 is 0 Å². The summed E-state index contributed by atoms with van der Waals surface area (Å²) in [4.78, 5) is 22.7. The summed E-state index contributed by atoms with van der Waals surface area (Å²) < 4.78 is 0. The van der Waals surface area contributed by atoms with Crippen LogP contribution < -0.4 is 0 Å². The van der Waals surface area contributed by atoms with E-state index in [9.17, 15) is 4.79 Å². The quantitative estimate of drug-likeness (QED) is 0.807. The first-order chi connectivity index (χ1) is 8.47. The molecule has 1 fully saturated rings. The Balaban J connectivity index is 2.11. The lowest BCUT2D eigenvalue weighted by molar-refractivity contribution is -0.134. The zero-order valence-corrected chi connectivity index (χ0v) is 11.4. The van der Waals surface area contributed by atoms with Gasteiger partial charge in [0.15, 0.2) is 0 Å². The summed E-state index contributed by atoms with van der Waals surface area (Å²) in [6.45, 7) is 7.13. The summed E-state index contributed by atoms with van der Waals surface area (Å²) in [5.41, 5.74) is 0.948. The van der Waals surface area contributed by atoms with Crippen LogP contribution in [-0.4, -0.2) is 27.3 Å². The van der Waals surface area contributed by atoms with E-state index in [1.807, 2.05) is 4.90 Å². The minimum absolute atomic E-state index is 0.0343. The number of nitrogens with zero attached hydrogens (tertiary/aromatic N) is 3. The summed E-state index contributed by atoms with van der Waals surface area (Å²) in [5, 5.41) is 0. The van der Waals surface area contributed by atoms with Crippen LogP contribution in [0, 0.1) is 5.41 Å². The maximum Gasteiger partial charge on any atom is 0.223 e. The highest BCUT2D eigenvalue weighted by Gasteiger charge is 2.32. The van der Waals surface area contributed by atoms with E-state index >= 15 is 0 Å². The van der Waals surface area contributed by atoms with Crippen LogP contribution >= 0.6 is 0 Å². The molecule has 0 N–H and O–H groups in total. The van der Waals surface area contributed by atoms with E-state index in [0.717, 1.165) is 25.1 Å². The van der Waals surface area contributed by atoms with Gasteiger partial charge in [0.1, 0.15) is 0 Å². The van der Waals surface area contributed by atoms with E-state index < -0.39 is 0 Å². The number of carbonyl (C=O) groups is 1. The molecule has 0 radical (unpaired) electrons. The van der Waals surface area contributed by atoms with Gasteiger partial charge in [0.2, 0.25) is 5.91 Å². The molecule has 0 aromatic carbocycles. The summed E-state index contributed by atoms with van der Waals surface area (Å²) in [7, 11) is 0. The first kappa shape index (κ1) is 13.0. The lowest BCUT2D eigenvalue weighted by Gasteiger charge is -2.27. The van der Waals surface area contributed by atoms with Gasteiger partial charge in [0.05, 0.1) is 17.9 Å². The summed E-state index contributed by atoms with van der Waals surface area (Å²) in [6, 6.07) is 0.119. The van der Waals surface area contributed by atoms with Gasteiger partial charge in [-0.25, -0.2) is 0 Å². The second-order valence-electron chi connectivity index (χ2n) is 6.11. The number of hydrogen-bond acceptors (Lipinski definition) is 3. The smallest absolute Gasteiger partial charge is 0.223 e. The Morgan fingerprint density at radius 1 is 1.44 bits per heavy atom. The van der Waals surface area contributed by atoms with Gasteiger partial charge in [0, 0.05) is 25.4 Å². The molecule has 2 rings (SSSR count). The molecule has 1 saturated heterocycles. The Morgan fingerprint density at radius 2 is 2.22 bits per heavy atom. The highest BCUT2D eigenvalue weighted by molar-refractivity contribution is 5.77. The van der Waals surface area contributed by atoms with Crippen molar-refractivity contribution in [2.75, 3.05) is 6.54 Å². The van der Waals surface area contributed by atoms with E-state index in [-0.39, 0.29) is 17.4 Å². The van der Waals surface area contributed by atoms with E-state index in [4.69, 9.17) is 0 Å². The first-order valence-corrected chi connectivity index (χ1v) is 6.53. The average Bonchev–Trinajstić information content (AvgIpc) is 2.76. The Bertz CT molecular complexity index is 411. The number of aromatic nitrogens is 2. The van der Waals surface area contributed by atoms with E-state index in [1.54, 1.807) is 18.6 Å². The third kappa shape index (κ3) is 3.06. The maximum atomic E-state index is 12.3. The maximum absolute atomic E-state index is 12.3. The zero-order chi connectivity index (χ0) is 13.2. The second-order valence-corrected chi connectivity index (χ2v) is 6.11. The molecule has 1 aromatic heterocycles. The average molecular weight is 247 g/mol. The van der Waals surface area contributed by atoms with Gasteiger partial charge < -0.3 is 4.90 Å². The number of amides is 1. The fraction of sp³-hybridized carbons (Fsp3) is 0.643. The van der Waals surface area contributed by atoms with Crippen molar-refractivity contribution in [2.24, 2.45) is 5.41 Å². The van der Waals surface area contributed by atoms with E-state index in [1.165, 1.54) is 0 Å². The lowest BCUT2D eigenvalue weighted by Crippen LogP contribution is -2.33. The first-order valence-electron chi connectivity index (χ1n) is 6.53. The largest absolute Gasteiger partial charge is 0.334 e. The predicted molar refractivity (Wildman–Crippen MR) is 69.8 cm³/mol. The van der Waals surface area contributed by atoms with Crippen molar-refractivity contribution in [3.63, 3.8) is 0 Å². The highest BCUT2D eigenvalue weighted by atomic mass is 16.2. The molecular weight excluding hydrogens is 226 g/mol. The highest BCUT2D eigenvalue weighted by Crippen LogP contribution is 2.32. The molecule has 98 valence electrons. The molecule has 1 unspecified atom stereocenters. The van der Waals surface area contributed by atoms with Crippen molar-refractivity contribution in [1.82, 2.24) is 14.9 Å². The molecule has 1 amide bonds. The molecule has 1 atom stereocenters. The Hall–Kier alpha value is -1.45. The SMILES string of the molecule is CC(C)(C)CC(=O)N1CCCC1c1cnccn1. The summed E-state index contributed by atoms with van der Waals surface area (Å²) in [5.74, 6) is 0.232. The molecule has 18 heavy (non-hydrogen) atoms. The van der Waals surface area contributed by atoms with Crippen LogP contribution in [0.3, 0.4) is 0 Å². The molecule has 4 heteroatoms. The number of hydrogen-bond donors (Lipinski definition) is 0. The molecule has 2 heterocycles. The standard InChI is InChI=1S/C14H21N3O/c1-14(2,3)9-13(18)17-8-4-5-12(17)11-10-15-6-7-16-11/h6-7,10,12H,4-5,8-9H2,1-3H3. The second kappa shape index (κ2) is 5.04. The monoisotopic (exact) mass is 247 g/mol. The van der Waals surface area contributed by atoms with Crippen molar-refractivity contribution >= 4 is 5.91 Å². The van der Waals surface area contributed by atoms with E-state index in [0.29, 0.717) is 6.42 Å². The normalized spacial score (nSPS) is 20.2. The molecule has 0 aliphatic carbocycles. The number of carbonyl (C=O) groups excluding carboxylic acids is 1. The van der Waals surface area contributed by atoms with Crippen molar-refractivity contribution in [1.29, 1.82) is 0 Å². The van der Waals surface area contributed by atoms with Crippen molar-refractivity contribution in [2.45, 2.75) is 46.1 Å². The summed E-state index contributed by atoms with van der Waals surface area (Å²) >= 11 is 0. The van der Waals surface area contributed by atoms with Gasteiger partial charge in [-0.3, -0.25) is 14.8 Å². The van der Waals surface area contributed by atoms with Crippen molar-refractivity contribution in [3.8, 4) is 0 Å². The van der Waals surface area contributed by atoms with Gasteiger partial charge in [-0.05, 0) is 18.3 Å². The summed E-state index contributed by atoms with van der Waals surface area (Å²) in [6.07, 6.45) is 7.77. The molecule has 4 nitrogen and oxygen atoms in total. The molecule has 1 aliphatic rings. The van der Waals surface area contributed by atoms with Gasteiger partial charge in [-0.1, -0.05) is 20.8 Å². The van der Waals surface area contributed by atoms with Crippen LogP contribution in [0.25, 0.3) is 0 Å². The Kier molecular flexibility index (Phi) is 3.64. The Labute approximate surface area is 108 Å². The fourth-order valence-electron chi connectivity index (χ4n) is 2.41. The Morgan fingerprint density at radius 3 is 2.83 bits per heavy atom. The third-order valence-corrected chi connectivity index (χ3v) is 3.18. The van der Waals surface area contributed by atoms with Gasteiger partial charge in [-0.2, -0.15) is 0 Å². The third-order valence-electron chi connectivity index (χ3n) is 3.18. The number of likely N-dealkylation sites (tertiary alicyclic amines) is 1. The van der Waals surface area contributed by atoms with Gasteiger partial charge in [-0.15, -0.1) is 0 Å². The predicted octanol–water partition coefficient (Wildman–Crippen LogP) is 2.58. The van der Waals surface area contributed by atoms with Crippen LogP contribution in [0.4, 0.5) is 0 Å². The lowest BCUT2D eigenvalue weighted by atomic mass is 9.91. The minimum atomic E-state index is 0.0343. The molecule has 0 bridgehead atoms. The van der Waals surface area contributed by atoms with Crippen LogP contribution in [0.15, 0.2) is 18.6 Å². The van der Waals surface area contributed by atoms with E-state index in [2.05, 4.69) is 30.7 Å². The van der Waals surface area contributed by atoms with Crippen molar-refractivity contribution < 1.29 is 4.79 Å². The molecule has 1 aromatic rings. The number of rotatable bonds is 2. The molecule has 0 saturated carbocycles. The zero-order valence-electron chi connectivity index (χ0n) is 11.4. The van der Waals surface area contributed by atoms with Crippen LogP contribution in [0.2, 0.25) is 0 Å². The van der Waals surface area contributed by atoms with Crippen LogP contribution in [-0.2, 0) is 4.79 Å². The molecular formula is C14H21N3O. The topological polar surface area (TPSA) is 46.1 Å². The molecule has 1 aliphatic heterocycles. The fourth-order valence-corrected chi connectivity index (χ4v) is 2.41. The van der Waals surface area contributed by atoms with Crippen molar-refractivity contribution in [3.05, 3.63) is 24.3 Å². The van der Waals surface area contributed by atoms with Gasteiger partial charge in [0.25, 0.3) is 0 Å². The van der Waals surface area contributed by atoms with Crippen LogP contribution in [0.1, 0.15) is 51.8 Å². The van der Waals surface area contributed by atoms with Crippen LogP contribution in [0.5, 0.6) is 0 Å².